The fraction of sp³-hybridized carbons (Fsp3) is 0.375. The van der Waals surface area contributed by atoms with Crippen LogP contribution in [0.2, 0.25) is 0 Å². The zero-order valence-corrected chi connectivity index (χ0v) is 22.2. The molecule has 5 nitrogen and oxygen atoms in total. The van der Waals surface area contributed by atoms with Crippen LogP contribution in [0.1, 0.15) is 50.3 Å². The Kier molecular flexibility index (Phi) is 8.78. The fourth-order valence-electron chi connectivity index (χ4n) is 4.98. The number of likely N-dealkylation sites (tertiary alicyclic amines) is 1. The maximum absolute atomic E-state index is 14.4. The van der Waals surface area contributed by atoms with Gasteiger partial charge in [-0.3, -0.25) is 14.6 Å². The van der Waals surface area contributed by atoms with E-state index in [1.807, 2.05) is 75.4 Å². The molecule has 1 unspecified atom stereocenters. The van der Waals surface area contributed by atoms with E-state index < -0.39 is 23.8 Å². The summed E-state index contributed by atoms with van der Waals surface area (Å²) in [7, 11) is 0. The Hall–Kier alpha value is -3.44. The van der Waals surface area contributed by atoms with Gasteiger partial charge in [-0.2, -0.15) is 0 Å². The number of benzene rings is 3. The van der Waals surface area contributed by atoms with Gasteiger partial charge in [0.25, 0.3) is 0 Å². The molecule has 1 heterocycles. The molecule has 0 aromatic heterocycles. The van der Waals surface area contributed by atoms with Gasteiger partial charge in [-0.05, 0) is 56.7 Å². The Morgan fingerprint density at radius 3 is 1.81 bits per heavy atom. The number of hydrogen-bond acceptors (Lipinski definition) is 4. The summed E-state index contributed by atoms with van der Waals surface area (Å²) in [6, 6.07) is 29.8. The third-order valence-electron chi connectivity index (χ3n) is 6.71. The average Bonchev–Trinajstić information content (AvgIpc) is 3.38. The third-order valence-corrected chi connectivity index (χ3v) is 6.71. The predicted octanol–water partition coefficient (Wildman–Crippen LogP) is 6.27. The van der Waals surface area contributed by atoms with Crippen LogP contribution in [0.3, 0.4) is 0 Å². The molecule has 194 valence electrons. The van der Waals surface area contributed by atoms with Crippen LogP contribution in [-0.4, -0.2) is 45.9 Å². The highest BCUT2D eigenvalue weighted by Crippen LogP contribution is 2.26. The maximum atomic E-state index is 14.4. The quantitative estimate of drug-likeness (QED) is 0.349. The van der Waals surface area contributed by atoms with Crippen molar-refractivity contribution in [3.63, 3.8) is 0 Å². The number of nitrogens with zero attached hydrogens (tertiary/aromatic N) is 2. The Morgan fingerprint density at radius 2 is 1.32 bits per heavy atom. The summed E-state index contributed by atoms with van der Waals surface area (Å²) in [4.78, 5) is 31.3. The van der Waals surface area contributed by atoms with E-state index in [9.17, 15) is 9.59 Å². The molecular weight excluding hydrogens is 460 g/mol. The molecule has 0 aliphatic carbocycles. The van der Waals surface area contributed by atoms with Crippen LogP contribution in [0, 0.1) is 0 Å². The first-order valence-electron chi connectivity index (χ1n) is 13.2. The predicted molar refractivity (Wildman–Crippen MR) is 147 cm³/mol. The van der Waals surface area contributed by atoms with Gasteiger partial charge in [-0.1, -0.05) is 91.0 Å². The molecule has 1 aliphatic rings. The van der Waals surface area contributed by atoms with Crippen LogP contribution in [0.5, 0.6) is 0 Å². The number of carbonyl (C=O) groups is 2. The molecule has 5 heteroatoms. The van der Waals surface area contributed by atoms with E-state index in [2.05, 4.69) is 41.3 Å². The number of carbonyl (C=O) groups excluding carboxylic acids is 2. The lowest BCUT2D eigenvalue weighted by atomic mass is 9.94. The molecule has 37 heavy (non-hydrogen) atoms. The minimum Gasteiger partial charge on any atom is -0.444 e. The molecule has 3 aromatic carbocycles. The SMILES string of the molecule is CC(C)(C)OC(=O)N1CCCC1C(=O)[C@H](Cc1ccccc1)N(Cc1ccccc1)Cc1ccccc1. The van der Waals surface area contributed by atoms with E-state index >= 15 is 0 Å². The van der Waals surface area contributed by atoms with Crippen molar-refractivity contribution in [3.05, 3.63) is 108 Å². The van der Waals surface area contributed by atoms with Crippen LogP contribution in [0.15, 0.2) is 91.0 Å². The van der Waals surface area contributed by atoms with Gasteiger partial charge in [0, 0.05) is 19.6 Å². The molecule has 2 atom stereocenters. The lowest BCUT2D eigenvalue weighted by Gasteiger charge is -2.35. The summed E-state index contributed by atoms with van der Waals surface area (Å²) in [5, 5.41) is 0. The van der Waals surface area contributed by atoms with Crippen molar-refractivity contribution in [1.29, 1.82) is 0 Å². The second-order valence-corrected chi connectivity index (χ2v) is 10.8. The Morgan fingerprint density at radius 1 is 0.838 bits per heavy atom. The summed E-state index contributed by atoms with van der Waals surface area (Å²) in [5.74, 6) is 0.0825. The van der Waals surface area contributed by atoms with Gasteiger partial charge in [0.2, 0.25) is 0 Å². The second kappa shape index (κ2) is 12.2. The van der Waals surface area contributed by atoms with E-state index in [0.29, 0.717) is 32.5 Å². The van der Waals surface area contributed by atoms with Gasteiger partial charge < -0.3 is 4.74 Å². The van der Waals surface area contributed by atoms with Crippen molar-refractivity contribution >= 4 is 11.9 Å². The van der Waals surface area contributed by atoms with Crippen LogP contribution in [0.25, 0.3) is 0 Å². The van der Waals surface area contributed by atoms with Gasteiger partial charge in [0.05, 0.1) is 12.1 Å². The highest BCUT2D eigenvalue weighted by Gasteiger charge is 2.41. The highest BCUT2D eigenvalue weighted by atomic mass is 16.6. The summed E-state index contributed by atoms with van der Waals surface area (Å²) < 4.78 is 5.67. The summed E-state index contributed by atoms with van der Waals surface area (Å²) in [6.07, 6.45) is 1.64. The number of hydrogen-bond donors (Lipinski definition) is 0. The summed E-state index contributed by atoms with van der Waals surface area (Å²) in [6.45, 7) is 7.39. The van der Waals surface area contributed by atoms with Crippen molar-refractivity contribution in [1.82, 2.24) is 9.80 Å². The van der Waals surface area contributed by atoms with Crippen LogP contribution >= 0.6 is 0 Å². The van der Waals surface area contributed by atoms with E-state index in [0.717, 1.165) is 23.1 Å². The molecule has 0 saturated carbocycles. The third kappa shape index (κ3) is 7.53. The number of ketones is 1. The average molecular weight is 499 g/mol. The van der Waals surface area contributed by atoms with E-state index in [4.69, 9.17) is 4.74 Å². The van der Waals surface area contributed by atoms with Gasteiger partial charge in [0.1, 0.15) is 5.60 Å². The minimum atomic E-state index is -0.608. The van der Waals surface area contributed by atoms with Gasteiger partial charge in [0.15, 0.2) is 5.78 Å². The first-order chi connectivity index (χ1) is 17.8. The first kappa shape index (κ1) is 26.6. The van der Waals surface area contributed by atoms with Gasteiger partial charge in [-0.15, -0.1) is 0 Å². The lowest BCUT2D eigenvalue weighted by Crippen LogP contribution is -2.52. The Balaban J connectivity index is 1.67. The zero-order valence-electron chi connectivity index (χ0n) is 22.2. The molecule has 0 N–H and O–H groups in total. The molecular formula is C32H38N2O3. The van der Waals surface area contributed by atoms with Crippen LogP contribution in [0.4, 0.5) is 4.79 Å². The van der Waals surface area contributed by atoms with Gasteiger partial charge in [-0.25, -0.2) is 4.79 Å². The molecule has 0 spiro atoms. The van der Waals surface area contributed by atoms with E-state index in [-0.39, 0.29) is 5.78 Å². The first-order valence-corrected chi connectivity index (χ1v) is 13.2. The number of rotatable bonds is 9. The Labute approximate surface area is 221 Å². The molecule has 1 saturated heterocycles. The van der Waals surface area contributed by atoms with Gasteiger partial charge >= 0.3 is 6.09 Å². The topological polar surface area (TPSA) is 49.9 Å². The molecule has 1 fully saturated rings. The monoisotopic (exact) mass is 498 g/mol. The zero-order chi connectivity index (χ0) is 26.3. The molecule has 0 bridgehead atoms. The summed E-state index contributed by atoms with van der Waals surface area (Å²) in [5.41, 5.74) is 2.80. The number of amides is 1. The highest BCUT2D eigenvalue weighted by molar-refractivity contribution is 5.92. The van der Waals surface area contributed by atoms with Crippen LogP contribution < -0.4 is 0 Å². The molecule has 0 radical (unpaired) electrons. The van der Waals surface area contributed by atoms with Crippen molar-refractivity contribution < 1.29 is 14.3 Å². The Bertz CT molecular complexity index is 1100. The molecule has 3 aromatic rings. The van der Waals surface area contributed by atoms with E-state index in [1.165, 1.54) is 0 Å². The smallest absolute Gasteiger partial charge is 0.410 e. The van der Waals surface area contributed by atoms with Crippen molar-refractivity contribution in [2.45, 2.75) is 70.8 Å². The fourth-order valence-corrected chi connectivity index (χ4v) is 4.98. The second-order valence-electron chi connectivity index (χ2n) is 10.8. The summed E-state index contributed by atoms with van der Waals surface area (Å²) >= 11 is 0. The van der Waals surface area contributed by atoms with Crippen molar-refractivity contribution in [2.75, 3.05) is 6.54 Å². The number of Topliss-reactive ketones (excluding diaryl/α,β-unsaturated/α-hetero) is 1. The van der Waals surface area contributed by atoms with E-state index in [1.54, 1.807) is 4.90 Å². The molecule has 1 amide bonds. The molecule has 4 rings (SSSR count). The maximum Gasteiger partial charge on any atom is 0.410 e. The van der Waals surface area contributed by atoms with Crippen LogP contribution in [-0.2, 0) is 29.0 Å². The standard InChI is InChI=1S/C32H38N2O3/c1-32(2,3)37-31(36)34-21-13-20-28(34)30(35)29(22-25-14-7-4-8-15-25)33(23-26-16-9-5-10-17-26)24-27-18-11-6-12-19-27/h4-12,14-19,28-29H,13,20-24H2,1-3H3/t28?,29-/m0/s1. The van der Waals surface area contributed by atoms with Crippen molar-refractivity contribution in [3.8, 4) is 0 Å². The van der Waals surface area contributed by atoms with Crippen molar-refractivity contribution in [2.24, 2.45) is 0 Å². The normalized spacial score (nSPS) is 16.5. The number of ether oxygens (including phenoxy) is 1. The molecule has 1 aliphatic heterocycles. The largest absolute Gasteiger partial charge is 0.444 e. The lowest BCUT2D eigenvalue weighted by molar-refractivity contribution is -0.129. The minimum absolute atomic E-state index is 0.0825.